The van der Waals surface area contributed by atoms with Gasteiger partial charge in [-0.3, -0.25) is 14.5 Å². The molecule has 5 heteroatoms. The Morgan fingerprint density at radius 3 is 2.55 bits per heavy atom. The number of rotatable bonds is 4. The van der Waals surface area contributed by atoms with E-state index in [0.717, 1.165) is 34.5 Å². The number of carbonyl (C=O) groups excluding carboxylic acids is 2. The molecule has 0 saturated carbocycles. The molecule has 0 aromatic heterocycles. The van der Waals surface area contributed by atoms with Crippen molar-refractivity contribution in [3.63, 3.8) is 0 Å². The average Bonchev–Trinajstić information content (AvgIpc) is 2.72. The summed E-state index contributed by atoms with van der Waals surface area (Å²) in [5.41, 5.74) is 4.30. The van der Waals surface area contributed by atoms with E-state index in [9.17, 15) is 9.59 Å². The molecule has 5 nitrogen and oxygen atoms in total. The maximum Gasteiger partial charge on any atom is 0.232 e. The summed E-state index contributed by atoms with van der Waals surface area (Å²) in [6.07, 6.45) is 2.21. The van der Waals surface area contributed by atoms with E-state index in [1.165, 1.54) is 0 Å². The molecule has 0 fully saturated rings. The number of Topliss-reactive ketones (excluding diaryl/α,β-unsaturated/α-hetero) is 1. The molecule has 1 amide bonds. The minimum atomic E-state index is -0.323. The molecule has 2 aliphatic rings. The Bertz CT molecular complexity index is 1010. The van der Waals surface area contributed by atoms with Gasteiger partial charge in [-0.2, -0.15) is 0 Å². The maximum absolute atomic E-state index is 13.3. The molecule has 1 aliphatic heterocycles. The summed E-state index contributed by atoms with van der Waals surface area (Å²) in [5, 5.41) is 0. The van der Waals surface area contributed by atoms with Crippen LogP contribution in [-0.4, -0.2) is 25.9 Å². The zero-order chi connectivity index (χ0) is 20.5. The molecule has 1 heterocycles. The smallest absolute Gasteiger partial charge is 0.232 e. The number of benzene rings is 2. The molecule has 0 spiro atoms. The summed E-state index contributed by atoms with van der Waals surface area (Å²) in [6.45, 7) is 2.00. The molecule has 2 aromatic rings. The minimum Gasteiger partial charge on any atom is -0.497 e. The highest BCUT2D eigenvalue weighted by Gasteiger charge is 2.40. The summed E-state index contributed by atoms with van der Waals surface area (Å²) in [5.74, 6) is 1.14. The fourth-order valence-electron chi connectivity index (χ4n) is 4.44. The van der Waals surface area contributed by atoms with E-state index in [2.05, 4.69) is 0 Å². The number of allylic oxidation sites excluding steroid dienone is 2. The van der Waals surface area contributed by atoms with E-state index in [1.807, 2.05) is 49.4 Å². The van der Waals surface area contributed by atoms with E-state index in [1.54, 1.807) is 19.1 Å². The molecule has 150 valence electrons. The van der Waals surface area contributed by atoms with E-state index >= 15 is 0 Å². The van der Waals surface area contributed by atoms with E-state index in [-0.39, 0.29) is 24.0 Å². The lowest BCUT2D eigenvalue weighted by atomic mass is 9.76. The molecule has 0 saturated heterocycles. The summed E-state index contributed by atoms with van der Waals surface area (Å²) in [7, 11) is 3.21. The lowest BCUT2D eigenvalue weighted by Crippen LogP contribution is -2.40. The molecular formula is C24H25NO4. The van der Waals surface area contributed by atoms with Crippen LogP contribution >= 0.6 is 0 Å². The molecule has 2 aromatic carbocycles. The summed E-state index contributed by atoms with van der Waals surface area (Å²) < 4.78 is 10.9. The Kier molecular flexibility index (Phi) is 5.14. The third-order valence-electron chi connectivity index (χ3n) is 5.75. The second kappa shape index (κ2) is 7.74. The molecule has 0 unspecified atom stereocenters. The van der Waals surface area contributed by atoms with Gasteiger partial charge in [-0.15, -0.1) is 0 Å². The van der Waals surface area contributed by atoms with Gasteiger partial charge in [0.2, 0.25) is 5.91 Å². The SMILES string of the molecule is COc1ccc(OC)c([C@@H]2CC(=O)N(c3cccc(C)c3)C3=C2C(=O)CCC3)c1. The van der Waals surface area contributed by atoms with Gasteiger partial charge in [0.15, 0.2) is 5.78 Å². The van der Waals surface area contributed by atoms with Crippen LogP contribution in [0.3, 0.4) is 0 Å². The Balaban J connectivity index is 1.89. The van der Waals surface area contributed by atoms with Crippen LogP contribution < -0.4 is 14.4 Å². The van der Waals surface area contributed by atoms with Gasteiger partial charge in [-0.1, -0.05) is 12.1 Å². The quantitative estimate of drug-likeness (QED) is 0.768. The third kappa shape index (κ3) is 3.41. The van der Waals surface area contributed by atoms with Crippen molar-refractivity contribution in [3.05, 3.63) is 64.9 Å². The van der Waals surface area contributed by atoms with Crippen molar-refractivity contribution < 1.29 is 19.1 Å². The van der Waals surface area contributed by atoms with Gasteiger partial charge in [0.05, 0.1) is 14.2 Å². The van der Waals surface area contributed by atoms with Crippen LogP contribution in [0.4, 0.5) is 5.69 Å². The monoisotopic (exact) mass is 391 g/mol. The number of carbonyl (C=O) groups is 2. The van der Waals surface area contributed by atoms with Crippen LogP contribution in [0, 0.1) is 6.92 Å². The second-order valence-corrected chi connectivity index (χ2v) is 7.57. The molecule has 1 atom stereocenters. The first kappa shape index (κ1) is 19.2. The lowest BCUT2D eigenvalue weighted by Gasteiger charge is -2.38. The first-order valence-corrected chi connectivity index (χ1v) is 9.91. The van der Waals surface area contributed by atoms with Gasteiger partial charge in [-0.05, 0) is 55.7 Å². The zero-order valence-electron chi connectivity index (χ0n) is 17.0. The van der Waals surface area contributed by atoms with Crippen LogP contribution in [0.25, 0.3) is 0 Å². The Morgan fingerprint density at radius 2 is 1.83 bits per heavy atom. The number of anilines is 1. The van der Waals surface area contributed by atoms with Gasteiger partial charge in [0.25, 0.3) is 0 Å². The normalized spacial score (nSPS) is 19.3. The topological polar surface area (TPSA) is 55.8 Å². The number of hydrogen-bond donors (Lipinski definition) is 0. The molecule has 0 bridgehead atoms. The van der Waals surface area contributed by atoms with Crippen molar-refractivity contribution in [2.24, 2.45) is 0 Å². The zero-order valence-corrected chi connectivity index (χ0v) is 17.0. The van der Waals surface area contributed by atoms with Crippen LogP contribution in [0.15, 0.2) is 53.7 Å². The maximum atomic E-state index is 13.3. The van der Waals surface area contributed by atoms with Crippen LogP contribution in [0.2, 0.25) is 0 Å². The Morgan fingerprint density at radius 1 is 1.00 bits per heavy atom. The minimum absolute atomic E-state index is 0.000997. The number of ketones is 1. The number of hydrogen-bond acceptors (Lipinski definition) is 4. The Labute approximate surface area is 170 Å². The van der Waals surface area contributed by atoms with Crippen molar-refractivity contribution in [2.75, 3.05) is 19.1 Å². The van der Waals surface area contributed by atoms with Gasteiger partial charge in [0, 0.05) is 41.3 Å². The van der Waals surface area contributed by atoms with Crippen molar-refractivity contribution in [2.45, 2.75) is 38.5 Å². The highest BCUT2D eigenvalue weighted by molar-refractivity contribution is 6.07. The predicted molar refractivity (Wildman–Crippen MR) is 111 cm³/mol. The fraction of sp³-hybridized carbons (Fsp3) is 0.333. The van der Waals surface area contributed by atoms with Crippen LogP contribution in [0.5, 0.6) is 11.5 Å². The first-order chi connectivity index (χ1) is 14.0. The number of aryl methyl sites for hydroxylation is 1. The van der Waals surface area contributed by atoms with Gasteiger partial charge < -0.3 is 9.47 Å². The molecular weight excluding hydrogens is 366 g/mol. The van der Waals surface area contributed by atoms with Gasteiger partial charge >= 0.3 is 0 Å². The average molecular weight is 391 g/mol. The standard InChI is InChI=1S/C24H25NO4/c1-15-6-4-7-16(12-15)25-20-8-5-9-21(26)24(20)19(14-23(25)27)18-13-17(28-2)10-11-22(18)29-3/h4,6-7,10-13,19H,5,8-9,14H2,1-3H3/t19-/m0/s1. The second-order valence-electron chi connectivity index (χ2n) is 7.57. The number of nitrogens with zero attached hydrogens (tertiary/aromatic N) is 1. The van der Waals surface area contributed by atoms with Crippen molar-refractivity contribution in [3.8, 4) is 11.5 Å². The molecule has 1 aliphatic carbocycles. The predicted octanol–water partition coefficient (Wildman–Crippen LogP) is 4.54. The van der Waals surface area contributed by atoms with E-state index < -0.39 is 0 Å². The number of ether oxygens (including phenoxy) is 2. The molecule has 0 N–H and O–H groups in total. The fourth-order valence-corrected chi connectivity index (χ4v) is 4.44. The highest BCUT2D eigenvalue weighted by Crippen LogP contribution is 2.46. The summed E-state index contributed by atoms with van der Waals surface area (Å²) in [4.78, 5) is 28.1. The summed E-state index contributed by atoms with van der Waals surface area (Å²) in [6, 6.07) is 13.4. The van der Waals surface area contributed by atoms with E-state index in [0.29, 0.717) is 24.3 Å². The molecule has 29 heavy (non-hydrogen) atoms. The molecule has 0 radical (unpaired) electrons. The van der Waals surface area contributed by atoms with Crippen molar-refractivity contribution >= 4 is 17.4 Å². The number of methoxy groups -OCH3 is 2. The first-order valence-electron chi connectivity index (χ1n) is 9.91. The van der Waals surface area contributed by atoms with Gasteiger partial charge in [0.1, 0.15) is 11.5 Å². The van der Waals surface area contributed by atoms with Gasteiger partial charge in [-0.25, -0.2) is 0 Å². The van der Waals surface area contributed by atoms with Crippen LogP contribution in [0.1, 0.15) is 42.7 Å². The lowest BCUT2D eigenvalue weighted by molar-refractivity contribution is -0.119. The number of amides is 1. The summed E-state index contributed by atoms with van der Waals surface area (Å²) >= 11 is 0. The largest absolute Gasteiger partial charge is 0.497 e. The Hall–Kier alpha value is -3.08. The van der Waals surface area contributed by atoms with Crippen LogP contribution in [-0.2, 0) is 9.59 Å². The van der Waals surface area contributed by atoms with Crippen molar-refractivity contribution in [1.29, 1.82) is 0 Å². The third-order valence-corrected chi connectivity index (χ3v) is 5.75. The molecule has 4 rings (SSSR count). The van der Waals surface area contributed by atoms with Crippen molar-refractivity contribution in [1.82, 2.24) is 0 Å². The highest BCUT2D eigenvalue weighted by atomic mass is 16.5. The van der Waals surface area contributed by atoms with E-state index in [4.69, 9.17) is 9.47 Å².